The summed E-state index contributed by atoms with van der Waals surface area (Å²) in [5.41, 5.74) is -2.47. The molecule has 1 saturated heterocycles. The zero-order chi connectivity index (χ0) is 25.8. The zero-order valence-corrected chi connectivity index (χ0v) is 17.9. The van der Waals surface area contributed by atoms with Crippen LogP contribution in [-0.4, -0.2) is 57.8 Å². The van der Waals surface area contributed by atoms with E-state index in [1.807, 2.05) is 0 Å². The molecule has 35 heavy (non-hydrogen) atoms. The Morgan fingerprint density at radius 2 is 1.97 bits per heavy atom. The Balaban J connectivity index is 1.82. The number of amides is 4. The van der Waals surface area contributed by atoms with Crippen LogP contribution in [0.4, 0.5) is 43.0 Å². The van der Waals surface area contributed by atoms with Crippen LogP contribution in [0.5, 0.6) is 0 Å². The molecule has 1 N–H and O–H groups in total. The average molecular weight is 520 g/mol. The van der Waals surface area contributed by atoms with E-state index in [1.54, 1.807) is 0 Å². The van der Waals surface area contributed by atoms with Gasteiger partial charge in [0.1, 0.15) is 22.7 Å². The van der Waals surface area contributed by atoms with Crippen molar-refractivity contribution in [2.45, 2.75) is 12.2 Å². The van der Waals surface area contributed by atoms with Crippen LogP contribution in [0.25, 0.3) is 11.1 Å². The number of anilines is 2. The summed E-state index contributed by atoms with van der Waals surface area (Å²) in [7, 11) is 1.02. The first-order valence-corrected chi connectivity index (χ1v) is 9.78. The average Bonchev–Trinajstić information content (AvgIpc) is 3.39. The van der Waals surface area contributed by atoms with Gasteiger partial charge in [-0.05, 0) is 18.2 Å². The lowest BCUT2D eigenvalue weighted by atomic mass is 10.1. The lowest BCUT2D eigenvalue weighted by Crippen LogP contribution is -2.47. The molecular formula is C19H11ClF5N5O5. The summed E-state index contributed by atoms with van der Waals surface area (Å²) < 4.78 is 73.5. The van der Waals surface area contributed by atoms with Crippen molar-refractivity contribution in [2.24, 2.45) is 0 Å². The first-order chi connectivity index (χ1) is 16.3. The Morgan fingerprint density at radius 1 is 1.29 bits per heavy atom. The van der Waals surface area contributed by atoms with Crippen molar-refractivity contribution in [3.05, 3.63) is 46.6 Å². The molecule has 2 aromatic heterocycles. The number of pyridine rings is 1. The molecule has 0 unspecified atom stereocenters. The van der Waals surface area contributed by atoms with Gasteiger partial charge >= 0.3 is 18.3 Å². The third-order valence-corrected chi connectivity index (χ3v) is 5.56. The molecule has 10 nitrogen and oxygen atoms in total. The number of rotatable bonds is 3. The number of carboxylic acid groups (broad SMARTS) is 1. The predicted octanol–water partition coefficient (Wildman–Crippen LogP) is 4.12. The van der Waals surface area contributed by atoms with Gasteiger partial charge in [-0.25, -0.2) is 23.3 Å². The third kappa shape index (κ3) is 3.96. The van der Waals surface area contributed by atoms with Gasteiger partial charge < -0.3 is 14.5 Å². The number of hydrogen-bond donors (Lipinski definition) is 1. The van der Waals surface area contributed by atoms with Crippen LogP contribution >= 0.6 is 11.6 Å². The van der Waals surface area contributed by atoms with E-state index < -0.39 is 81.6 Å². The number of carbonyl (C=O) groups is 3. The van der Waals surface area contributed by atoms with Crippen LogP contribution in [0.15, 0.2) is 28.9 Å². The van der Waals surface area contributed by atoms with Crippen LogP contribution in [0.2, 0.25) is 5.02 Å². The van der Waals surface area contributed by atoms with Crippen molar-refractivity contribution in [1.29, 1.82) is 0 Å². The quantitative estimate of drug-likeness (QED) is 0.408. The van der Waals surface area contributed by atoms with Crippen LogP contribution < -0.4 is 9.80 Å². The van der Waals surface area contributed by atoms with Crippen molar-refractivity contribution >= 4 is 52.2 Å². The Kier molecular flexibility index (Phi) is 5.75. The monoisotopic (exact) mass is 519 g/mol. The SMILES string of the molecule is CN(C(=O)[C@@H]1CN(C(=O)O)C(=O)N1c1cc(C(F)(F)F)c2cnoc2n1)c1ccc(F)c(Cl)c1F. The van der Waals surface area contributed by atoms with Crippen molar-refractivity contribution in [3.8, 4) is 0 Å². The Hall–Kier alpha value is -4.01. The second-order valence-corrected chi connectivity index (χ2v) is 7.60. The normalized spacial score (nSPS) is 16.3. The van der Waals surface area contributed by atoms with Gasteiger partial charge in [0.05, 0.1) is 29.4 Å². The summed E-state index contributed by atoms with van der Waals surface area (Å²) >= 11 is 5.54. The molecule has 3 aromatic rings. The molecule has 1 aliphatic heterocycles. The Labute approximate surface area is 196 Å². The maximum absolute atomic E-state index is 14.5. The van der Waals surface area contributed by atoms with Gasteiger partial charge in [0.25, 0.3) is 11.6 Å². The molecule has 4 rings (SSSR count). The van der Waals surface area contributed by atoms with Crippen molar-refractivity contribution in [1.82, 2.24) is 15.0 Å². The topological polar surface area (TPSA) is 120 Å². The maximum Gasteiger partial charge on any atom is 0.417 e. The number of fused-ring (bicyclic) bond motifs is 1. The van der Waals surface area contributed by atoms with E-state index in [9.17, 15) is 41.4 Å². The summed E-state index contributed by atoms with van der Waals surface area (Å²) in [4.78, 5) is 42.5. The van der Waals surface area contributed by atoms with Gasteiger partial charge in [-0.3, -0.25) is 9.69 Å². The highest BCUT2D eigenvalue weighted by Gasteiger charge is 2.48. The molecule has 4 amide bonds. The highest BCUT2D eigenvalue weighted by Crippen LogP contribution is 2.38. The number of imide groups is 1. The first-order valence-electron chi connectivity index (χ1n) is 9.40. The van der Waals surface area contributed by atoms with Gasteiger partial charge in [-0.1, -0.05) is 16.8 Å². The molecule has 1 aromatic carbocycles. The molecule has 3 heterocycles. The standard InChI is InChI=1S/C19H11ClF5N5O5/c1-28(10-3-2-9(21)13(20)14(10)22)16(31)11-6-29(18(33)34)17(32)30(11)12-4-8(19(23,24)25)7-5-26-35-15(7)27-12/h2-5,11H,6H2,1H3,(H,33,34)/t11-/m0/s1. The first kappa shape index (κ1) is 24.1. The summed E-state index contributed by atoms with van der Waals surface area (Å²) in [6, 6.07) is -1.11. The zero-order valence-electron chi connectivity index (χ0n) is 17.2. The molecule has 0 spiro atoms. The molecule has 0 bridgehead atoms. The van der Waals surface area contributed by atoms with Crippen molar-refractivity contribution < 1.29 is 46.0 Å². The van der Waals surface area contributed by atoms with Crippen LogP contribution in [0.3, 0.4) is 0 Å². The van der Waals surface area contributed by atoms with Crippen LogP contribution in [-0.2, 0) is 11.0 Å². The van der Waals surface area contributed by atoms with E-state index in [2.05, 4.69) is 10.1 Å². The van der Waals surface area contributed by atoms with E-state index in [4.69, 9.17) is 16.1 Å². The lowest BCUT2D eigenvalue weighted by Gasteiger charge is -2.27. The molecule has 1 aliphatic rings. The minimum atomic E-state index is -4.96. The van der Waals surface area contributed by atoms with Crippen molar-refractivity contribution in [2.75, 3.05) is 23.4 Å². The van der Waals surface area contributed by atoms with E-state index in [0.717, 1.165) is 25.4 Å². The molecule has 0 aliphatic carbocycles. The fraction of sp³-hybridized carbons (Fsp3) is 0.211. The smallest absolute Gasteiger partial charge is 0.417 e. The Bertz CT molecular complexity index is 1380. The minimum Gasteiger partial charge on any atom is -0.465 e. The van der Waals surface area contributed by atoms with E-state index in [1.165, 1.54) is 0 Å². The molecule has 184 valence electrons. The minimum absolute atomic E-state index is 0.171. The molecule has 0 radical (unpaired) electrons. The molecule has 16 heteroatoms. The number of alkyl halides is 3. The lowest BCUT2D eigenvalue weighted by molar-refractivity contribution is -0.136. The molecule has 0 saturated carbocycles. The fourth-order valence-electron chi connectivity index (χ4n) is 3.52. The number of urea groups is 1. The maximum atomic E-state index is 14.5. The predicted molar refractivity (Wildman–Crippen MR) is 108 cm³/mol. The second-order valence-electron chi connectivity index (χ2n) is 7.22. The molecule has 1 atom stereocenters. The second kappa shape index (κ2) is 8.33. The van der Waals surface area contributed by atoms with Crippen molar-refractivity contribution in [3.63, 3.8) is 0 Å². The summed E-state index contributed by atoms with van der Waals surface area (Å²) in [6.45, 7) is -0.828. The fourth-order valence-corrected chi connectivity index (χ4v) is 3.68. The number of likely N-dealkylation sites (N-methyl/N-ethyl adjacent to an activating group) is 1. The highest BCUT2D eigenvalue weighted by molar-refractivity contribution is 6.31. The summed E-state index contributed by atoms with van der Waals surface area (Å²) in [5.74, 6) is -4.34. The third-order valence-electron chi connectivity index (χ3n) is 5.21. The van der Waals surface area contributed by atoms with Crippen LogP contribution in [0.1, 0.15) is 5.56 Å². The van der Waals surface area contributed by atoms with E-state index in [-0.39, 0.29) is 4.90 Å². The number of benzene rings is 1. The number of aromatic nitrogens is 2. The van der Waals surface area contributed by atoms with Gasteiger partial charge in [0, 0.05) is 7.05 Å². The van der Waals surface area contributed by atoms with Gasteiger partial charge in [-0.15, -0.1) is 0 Å². The highest BCUT2D eigenvalue weighted by atomic mass is 35.5. The Morgan fingerprint density at radius 3 is 2.60 bits per heavy atom. The van der Waals surface area contributed by atoms with E-state index >= 15 is 0 Å². The van der Waals surface area contributed by atoms with E-state index in [0.29, 0.717) is 15.9 Å². The number of hydrogen-bond acceptors (Lipinski definition) is 6. The molecular weight excluding hydrogens is 509 g/mol. The van der Waals surface area contributed by atoms with Gasteiger partial charge in [0.15, 0.2) is 5.82 Å². The number of carbonyl (C=O) groups excluding carboxylic acids is 2. The molecule has 1 fully saturated rings. The van der Waals surface area contributed by atoms with Crippen LogP contribution in [0, 0.1) is 11.6 Å². The largest absolute Gasteiger partial charge is 0.465 e. The van der Waals surface area contributed by atoms with Gasteiger partial charge in [0.2, 0.25) is 0 Å². The number of nitrogens with zero attached hydrogens (tertiary/aromatic N) is 5. The summed E-state index contributed by atoms with van der Waals surface area (Å²) in [6.07, 6.45) is -6.01. The van der Waals surface area contributed by atoms with Gasteiger partial charge in [-0.2, -0.15) is 18.2 Å². The number of halogens is 6. The summed E-state index contributed by atoms with van der Waals surface area (Å²) in [5, 5.41) is 11.1.